The molecule has 1 unspecified atom stereocenters. The Morgan fingerprint density at radius 1 is 1.54 bits per heavy atom. The van der Waals surface area contributed by atoms with Crippen LogP contribution in [0.5, 0.6) is 0 Å². The maximum absolute atomic E-state index is 10.9. The van der Waals surface area contributed by atoms with E-state index in [2.05, 4.69) is 6.58 Å². The highest BCUT2D eigenvalue weighted by Gasteiger charge is 2.16. The summed E-state index contributed by atoms with van der Waals surface area (Å²) in [7, 11) is 0. The monoisotopic (exact) mass is 188 g/mol. The molecule has 1 atom stereocenters. The Kier molecular flexibility index (Phi) is 5.34. The summed E-state index contributed by atoms with van der Waals surface area (Å²) in [5.74, 6) is -0.928. The second-order valence-electron chi connectivity index (χ2n) is 2.96. The van der Waals surface area contributed by atoms with E-state index in [4.69, 9.17) is 14.9 Å². The molecule has 0 spiro atoms. The topological polar surface area (TPSA) is 66.8 Å². The maximum atomic E-state index is 10.9. The van der Waals surface area contributed by atoms with Gasteiger partial charge in [-0.3, -0.25) is 0 Å². The predicted octanol–water partition coefficient (Wildman–Crippen LogP) is 0.443. The Balaban J connectivity index is 3.85. The fraction of sp³-hybridized carbons (Fsp3) is 0.667. The molecule has 0 saturated heterocycles. The summed E-state index contributed by atoms with van der Waals surface area (Å²) in [5.41, 5.74) is 0.308. The zero-order valence-electron chi connectivity index (χ0n) is 7.99. The minimum absolute atomic E-state index is 0.0137. The molecule has 0 amide bonds. The first-order valence-electron chi connectivity index (χ1n) is 4.17. The number of esters is 1. The SMILES string of the molecule is C=C(C)C(=O)OCC(CC)C(O)O. The van der Waals surface area contributed by atoms with E-state index >= 15 is 0 Å². The number of carbonyl (C=O) groups is 1. The Morgan fingerprint density at radius 3 is 2.38 bits per heavy atom. The lowest BCUT2D eigenvalue weighted by Crippen LogP contribution is -2.25. The average molecular weight is 188 g/mol. The fourth-order valence-electron chi connectivity index (χ4n) is 0.721. The van der Waals surface area contributed by atoms with Crippen LogP contribution in [0.1, 0.15) is 20.3 Å². The van der Waals surface area contributed by atoms with Gasteiger partial charge in [-0.2, -0.15) is 0 Å². The van der Waals surface area contributed by atoms with E-state index in [-0.39, 0.29) is 6.61 Å². The van der Waals surface area contributed by atoms with Crippen molar-refractivity contribution in [2.75, 3.05) is 6.61 Å². The third kappa shape index (κ3) is 4.65. The molecule has 0 radical (unpaired) electrons. The molecule has 0 aliphatic carbocycles. The second-order valence-corrected chi connectivity index (χ2v) is 2.96. The Labute approximate surface area is 77.8 Å². The zero-order valence-corrected chi connectivity index (χ0v) is 7.99. The van der Waals surface area contributed by atoms with Gasteiger partial charge < -0.3 is 14.9 Å². The molecule has 76 valence electrons. The number of aliphatic hydroxyl groups is 2. The van der Waals surface area contributed by atoms with E-state index in [0.717, 1.165) is 0 Å². The third-order valence-corrected chi connectivity index (χ3v) is 1.72. The number of aliphatic hydroxyl groups excluding tert-OH is 1. The van der Waals surface area contributed by atoms with Gasteiger partial charge in [0, 0.05) is 11.5 Å². The van der Waals surface area contributed by atoms with Crippen molar-refractivity contribution in [2.24, 2.45) is 5.92 Å². The van der Waals surface area contributed by atoms with Crippen LogP contribution in [0.4, 0.5) is 0 Å². The molecular weight excluding hydrogens is 172 g/mol. The van der Waals surface area contributed by atoms with Crippen molar-refractivity contribution in [3.05, 3.63) is 12.2 Å². The summed E-state index contributed by atoms with van der Waals surface area (Å²) in [4.78, 5) is 10.9. The molecule has 0 heterocycles. The molecule has 0 aromatic heterocycles. The van der Waals surface area contributed by atoms with Gasteiger partial charge in [-0.15, -0.1) is 0 Å². The van der Waals surface area contributed by atoms with E-state index in [1.54, 1.807) is 13.8 Å². The van der Waals surface area contributed by atoms with Crippen LogP contribution >= 0.6 is 0 Å². The summed E-state index contributed by atoms with van der Waals surface area (Å²) in [6.07, 6.45) is -0.899. The number of ether oxygens (including phenoxy) is 1. The van der Waals surface area contributed by atoms with Gasteiger partial charge >= 0.3 is 5.97 Å². The number of rotatable bonds is 5. The minimum atomic E-state index is -1.44. The van der Waals surface area contributed by atoms with Crippen LogP contribution in [0.3, 0.4) is 0 Å². The standard InChI is InChI=1S/C9H16O4/c1-4-7(8(10)11)5-13-9(12)6(2)3/h7-8,10-11H,2,4-5H2,1,3H3. The second kappa shape index (κ2) is 5.72. The van der Waals surface area contributed by atoms with Crippen molar-refractivity contribution in [3.8, 4) is 0 Å². The van der Waals surface area contributed by atoms with Gasteiger partial charge in [0.15, 0.2) is 6.29 Å². The molecule has 0 aromatic rings. The number of carbonyl (C=O) groups excluding carboxylic acids is 1. The van der Waals surface area contributed by atoms with E-state index in [1.807, 2.05) is 0 Å². The van der Waals surface area contributed by atoms with Crippen LogP contribution in [0.2, 0.25) is 0 Å². The van der Waals surface area contributed by atoms with Crippen molar-refractivity contribution >= 4 is 5.97 Å². The highest BCUT2D eigenvalue weighted by atomic mass is 16.5. The fourth-order valence-corrected chi connectivity index (χ4v) is 0.721. The molecule has 0 saturated carbocycles. The first kappa shape index (κ1) is 12.1. The first-order valence-corrected chi connectivity index (χ1v) is 4.17. The molecule has 13 heavy (non-hydrogen) atoms. The lowest BCUT2D eigenvalue weighted by molar-refractivity contribution is -0.147. The molecule has 2 N–H and O–H groups in total. The smallest absolute Gasteiger partial charge is 0.333 e. The maximum Gasteiger partial charge on any atom is 0.333 e. The molecule has 0 aliphatic rings. The van der Waals surface area contributed by atoms with Crippen LogP contribution < -0.4 is 0 Å². The molecule has 0 aromatic carbocycles. The highest BCUT2D eigenvalue weighted by Crippen LogP contribution is 2.08. The van der Waals surface area contributed by atoms with Crippen molar-refractivity contribution in [1.82, 2.24) is 0 Å². The third-order valence-electron chi connectivity index (χ3n) is 1.72. The number of hydrogen-bond donors (Lipinski definition) is 2. The van der Waals surface area contributed by atoms with Gasteiger partial charge in [0.1, 0.15) is 0 Å². The Bertz CT molecular complexity index is 186. The molecule has 0 fully saturated rings. The van der Waals surface area contributed by atoms with Crippen LogP contribution in [-0.2, 0) is 9.53 Å². The molecule has 0 bridgehead atoms. The molecular formula is C9H16O4. The van der Waals surface area contributed by atoms with Crippen molar-refractivity contribution in [3.63, 3.8) is 0 Å². The van der Waals surface area contributed by atoms with Crippen LogP contribution in [0.25, 0.3) is 0 Å². The van der Waals surface area contributed by atoms with Crippen LogP contribution in [0.15, 0.2) is 12.2 Å². The van der Waals surface area contributed by atoms with Crippen LogP contribution in [0, 0.1) is 5.92 Å². The first-order chi connectivity index (χ1) is 5.99. The largest absolute Gasteiger partial charge is 0.462 e. The highest BCUT2D eigenvalue weighted by molar-refractivity contribution is 5.86. The van der Waals surface area contributed by atoms with E-state index in [9.17, 15) is 4.79 Å². The van der Waals surface area contributed by atoms with Gasteiger partial charge in [-0.25, -0.2) is 4.79 Å². The molecule has 0 rings (SSSR count). The number of hydrogen-bond acceptors (Lipinski definition) is 4. The average Bonchev–Trinajstić information content (AvgIpc) is 2.04. The lowest BCUT2D eigenvalue weighted by atomic mass is 10.1. The van der Waals surface area contributed by atoms with Crippen molar-refractivity contribution in [1.29, 1.82) is 0 Å². The van der Waals surface area contributed by atoms with Gasteiger partial charge in [-0.05, 0) is 13.3 Å². The predicted molar refractivity (Wildman–Crippen MR) is 47.8 cm³/mol. The van der Waals surface area contributed by atoms with E-state index in [1.165, 1.54) is 0 Å². The van der Waals surface area contributed by atoms with E-state index < -0.39 is 18.2 Å². The normalized spacial score (nSPS) is 12.7. The van der Waals surface area contributed by atoms with Gasteiger partial charge in [-0.1, -0.05) is 13.5 Å². The summed E-state index contributed by atoms with van der Waals surface area (Å²) in [5, 5.41) is 17.6. The van der Waals surface area contributed by atoms with Crippen molar-refractivity contribution in [2.45, 2.75) is 26.6 Å². The van der Waals surface area contributed by atoms with Gasteiger partial charge in [0.25, 0.3) is 0 Å². The summed E-state index contributed by atoms with van der Waals surface area (Å²) < 4.78 is 4.76. The quantitative estimate of drug-likeness (QED) is 0.373. The lowest BCUT2D eigenvalue weighted by Gasteiger charge is -2.16. The Hall–Kier alpha value is -0.870. The minimum Gasteiger partial charge on any atom is -0.462 e. The summed E-state index contributed by atoms with van der Waals surface area (Å²) in [6.45, 7) is 6.75. The van der Waals surface area contributed by atoms with Gasteiger partial charge in [0.2, 0.25) is 0 Å². The summed E-state index contributed by atoms with van der Waals surface area (Å²) in [6, 6.07) is 0. The Morgan fingerprint density at radius 2 is 2.08 bits per heavy atom. The molecule has 4 nitrogen and oxygen atoms in total. The summed E-state index contributed by atoms with van der Waals surface area (Å²) >= 11 is 0. The van der Waals surface area contributed by atoms with Crippen LogP contribution in [-0.4, -0.2) is 29.1 Å². The van der Waals surface area contributed by atoms with Crippen molar-refractivity contribution < 1.29 is 19.7 Å². The van der Waals surface area contributed by atoms with E-state index in [0.29, 0.717) is 12.0 Å². The van der Waals surface area contributed by atoms with Gasteiger partial charge in [0.05, 0.1) is 6.61 Å². The molecule has 0 aliphatic heterocycles. The molecule has 4 heteroatoms. The zero-order chi connectivity index (χ0) is 10.4.